The summed E-state index contributed by atoms with van der Waals surface area (Å²) in [5.74, 6) is -1.00. The first kappa shape index (κ1) is 13.0. The van der Waals surface area contributed by atoms with Crippen LogP contribution in [0, 0.1) is 0 Å². The molecular formula is C11H20N2O3. The third-order valence-electron chi connectivity index (χ3n) is 3.07. The molecule has 2 N–H and O–H groups in total. The monoisotopic (exact) mass is 228 g/mol. The van der Waals surface area contributed by atoms with E-state index in [-0.39, 0.29) is 18.5 Å². The molecule has 2 atom stereocenters. The van der Waals surface area contributed by atoms with Crippen molar-refractivity contribution < 1.29 is 14.7 Å². The summed E-state index contributed by atoms with van der Waals surface area (Å²) in [5, 5.41) is 12.0. The molecule has 5 heteroatoms. The fourth-order valence-corrected chi connectivity index (χ4v) is 1.83. The minimum atomic E-state index is -0.894. The van der Waals surface area contributed by atoms with Crippen molar-refractivity contribution in [2.45, 2.75) is 45.2 Å². The second kappa shape index (κ2) is 5.84. The van der Waals surface area contributed by atoms with Crippen LogP contribution in [-0.4, -0.2) is 47.1 Å². The van der Waals surface area contributed by atoms with Crippen molar-refractivity contribution in [1.29, 1.82) is 0 Å². The number of likely N-dealkylation sites (tertiary alicyclic amines) is 1. The average Bonchev–Trinajstić information content (AvgIpc) is 2.74. The Kier molecular flexibility index (Phi) is 4.73. The lowest BCUT2D eigenvalue weighted by molar-refractivity contribution is -0.147. The summed E-state index contributed by atoms with van der Waals surface area (Å²) in [6.45, 7) is 4.85. The molecule has 0 aliphatic carbocycles. The van der Waals surface area contributed by atoms with E-state index in [1.807, 2.05) is 13.8 Å². The summed E-state index contributed by atoms with van der Waals surface area (Å²) in [5.41, 5.74) is 0. The van der Waals surface area contributed by atoms with Crippen LogP contribution in [0.5, 0.6) is 0 Å². The van der Waals surface area contributed by atoms with Gasteiger partial charge in [0.1, 0.15) is 6.04 Å². The first-order valence-corrected chi connectivity index (χ1v) is 5.82. The fraction of sp³-hybridized carbons (Fsp3) is 0.818. The molecule has 1 saturated heterocycles. The number of hydrogen-bond donors (Lipinski definition) is 2. The molecule has 1 amide bonds. The number of carboxylic acids is 1. The number of carbonyl (C=O) groups excluding carboxylic acids is 1. The number of amides is 1. The number of nitrogens with zero attached hydrogens (tertiary/aromatic N) is 1. The molecule has 1 unspecified atom stereocenters. The predicted octanol–water partition coefficient (Wildman–Crippen LogP) is 0.450. The summed E-state index contributed by atoms with van der Waals surface area (Å²) >= 11 is 0. The summed E-state index contributed by atoms with van der Waals surface area (Å²) in [6, 6.07) is -0.332. The molecule has 0 aromatic heterocycles. The van der Waals surface area contributed by atoms with Crippen LogP contribution in [0.4, 0.5) is 0 Å². The van der Waals surface area contributed by atoms with E-state index in [2.05, 4.69) is 5.32 Å². The average molecular weight is 228 g/mol. The van der Waals surface area contributed by atoms with Crippen molar-refractivity contribution >= 4 is 11.9 Å². The molecule has 0 bridgehead atoms. The zero-order valence-corrected chi connectivity index (χ0v) is 9.90. The summed E-state index contributed by atoms with van der Waals surface area (Å²) < 4.78 is 0. The van der Waals surface area contributed by atoms with Gasteiger partial charge in [0.15, 0.2) is 0 Å². The molecule has 1 aliphatic heterocycles. The van der Waals surface area contributed by atoms with Gasteiger partial charge in [-0.2, -0.15) is 0 Å². The quantitative estimate of drug-likeness (QED) is 0.717. The largest absolute Gasteiger partial charge is 0.480 e. The number of nitrogens with one attached hydrogen (secondary N) is 1. The van der Waals surface area contributed by atoms with Gasteiger partial charge in [-0.3, -0.25) is 4.79 Å². The van der Waals surface area contributed by atoms with E-state index in [4.69, 9.17) is 5.11 Å². The molecular weight excluding hydrogens is 208 g/mol. The normalized spacial score (nSPS) is 22.1. The van der Waals surface area contributed by atoms with Crippen LogP contribution < -0.4 is 5.32 Å². The molecule has 0 spiro atoms. The maximum atomic E-state index is 11.8. The molecule has 0 aromatic carbocycles. The molecule has 1 aliphatic rings. The van der Waals surface area contributed by atoms with Crippen LogP contribution in [0.25, 0.3) is 0 Å². The highest BCUT2D eigenvalue weighted by molar-refractivity contribution is 5.85. The van der Waals surface area contributed by atoms with Gasteiger partial charge in [0.2, 0.25) is 5.91 Å². The molecule has 0 aromatic rings. The molecule has 5 nitrogen and oxygen atoms in total. The lowest BCUT2D eigenvalue weighted by Gasteiger charge is -2.22. The lowest BCUT2D eigenvalue weighted by atomic mass is 10.2. The first-order chi connectivity index (χ1) is 7.56. The molecule has 1 heterocycles. The SMILES string of the molecule is CCC(C)NCC(=O)N1CCC[C@H]1C(=O)O. The second-order valence-corrected chi connectivity index (χ2v) is 4.27. The van der Waals surface area contributed by atoms with Gasteiger partial charge in [0, 0.05) is 12.6 Å². The van der Waals surface area contributed by atoms with E-state index in [1.54, 1.807) is 0 Å². The Balaban J connectivity index is 2.44. The van der Waals surface area contributed by atoms with Crippen LogP contribution in [0.1, 0.15) is 33.1 Å². The number of hydrogen-bond acceptors (Lipinski definition) is 3. The summed E-state index contributed by atoms with van der Waals surface area (Å²) in [7, 11) is 0. The van der Waals surface area contributed by atoms with Gasteiger partial charge in [-0.05, 0) is 26.2 Å². The standard InChI is InChI=1S/C11H20N2O3/c1-3-8(2)12-7-10(14)13-6-4-5-9(13)11(15)16/h8-9,12H,3-7H2,1-2H3,(H,15,16)/t8?,9-/m0/s1. The third-order valence-corrected chi connectivity index (χ3v) is 3.07. The highest BCUT2D eigenvalue weighted by Gasteiger charge is 2.33. The van der Waals surface area contributed by atoms with E-state index in [0.29, 0.717) is 13.0 Å². The van der Waals surface area contributed by atoms with Crippen LogP contribution in [-0.2, 0) is 9.59 Å². The maximum absolute atomic E-state index is 11.8. The van der Waals surface area contributed by atoms with Gasteiger partial charge < -0.3 is 15.3 Å². The molecule has 1 rings (SSSR count). The van der Waals surface area contributed by atoms with Gasteiger partial charge in [0.05, 0.1) is 6.54 Å². The van der Waals surface area contributed by atoms with Gasteiger partial charge in [-0.1, -0.05) is 6.92 Å². The minimum absolute atomic E-state index is 0.106. The van der Waals surface area contributed by atoms with Gasteiger partial charge in [0.25, 0.3) is 0 Å². The maximum Gasteiger partial charge on any atom is 0.326 e. The Labute approximate surface area is 95.8 Å². The number of aliphatic carboxylic acids is 1. The van der Waals surface area contributed by atoms with Crippen molar-refractivity contribution in [3.63, 3.8) is 0 Å². The highest BCUT2D eigenvalue weighted by Crippen LogP contribution is 2.17. The zero-order valence-electron chi connectivity index (χ0n) is 9.90. The Morgan fingerprint density at radius 2 is 2.25 bits per heavy atom. The van der Waals surface area contributed by atoms with Crippen molar-refractivity contribution in [3.05, 3.63) is 0 Å². The minimum Gasteiger partial charge on any atom is -0.480 e. The van der Waals surface area contributed by atoms with Crippen LogP contribution in [0.15, 0.2) is 0 Å². The highest BCUT2D eigenvalue weighted by atomic mass is 16.4. The third kappa shape index (κ3) is 3.20. The number of carbonyl (C=O) groups is 2. The molecule has 16 heavy (non-hydrogen) atoms. The second-order valence-electron chi connectivity index (χ2n) is 4.27. The van der Waals surface area contributed by atoms with E-state index < -0.39 is 12.0 Å². The van der Waals surface area contributed by atoms with Crippen LogP contribution in [0.2, 0.25) is 0 Å². The zero-order chi connectivity index (χ0) is 12.1. The van der Waals surface area contributed by atoms with E-state index in [1.165, 1.54) is 4.90 Å². The van der Waals surface area contributed by atoms with Crippen molar-refractivity contribution in [3.8, 4) is 0 Å². The Hall–Kier alpha value is -1.10. The predicted molar refractivity (Wildman–Crippen MR) is 60.1 cm³/mol. The number of rotatable bonds is 5. The molecule has 0 saturated carbocycles. The molecule has 1 fully saturated rings. The van der Waals surface area contributed by atoms with Crippen molar-refractivity contribution in [2.75, 3.05) is 13.1 Å². The Morgan fingerprint density at radius 1 is 1.56 bits per heavy atom. The molecule has 92 valence electrons. The first-order valence-electron chi connectivity index (χ1n) is 5.82. The Morgan fingerprint density at radius 3 is 2.81 bits per heavy atom. The van der Waals surface area contributed by atoms with Gasteiger partial charge >= 0.3 is 5.97 Å². The van der Waals surface area contributed by atoms with Crippen LogP contribution >= 0.6 is 0 Å². The van der Waals surface area contributed by atoms with E-state index >= 15 is 0 Å². The van der Waals surface area contributed by atoms with E-state index in [9.17, 15) is 9.59 Å². The van der Waals surface area contributed by atoms with Crippen molar-refractivity contribution in [2.24, 2.45) is 0 Å². The fourth-order valence-electron chi connectivity index (χ4n) is 1.83. The van der Waals surface area contributed by atoms with Crippen molar-refractivity contribution in [1.82, 2.24) is 10.2 Å². The Bertz CT molecular complexity index is 268. The smallest absolute Gasteiger partial charge is 0.326 e. The van der Waals surface area contributed by atoms with E-state index in [0.717, 1.165) is 12.8 Å². The van der Waals surface area contributed by atoms with Gasteiger partial charge in [-0.25, -0.2) is 4.79 Å². The number of carboxylic acid groups (broad SMARTS) is 1. The topological polar surface area (TPSA) is 69.6 Å². The van der Waals surface area contributed by atoms with Crippen LogP contribution in [0.3, 0.4) is 0 Å². The lowest BCUT2D eigenvalue weighted by Crippen LogP contribution is -2.45. The van der Waals surface area contributed by atoms with Gasteiger partial charge in [-0.15, -0.1) is 0 Å². The summed E-state index contributed by atoms with van der Waals surface area (Å²) in [6.07, 6.45) is 2.31. The molecule has 0 radical (unpaired) electrons. The summed E-state index contributed by atoms with van der Waals surface area (Å²) in [4.78, 5) is 24.1.